The molecule has 0 saturated heterocycles. The molecule has 2 aromatic heterocycles. The van der Waals surface area contributed by atoms with E-state index in [2.05, 4.69) is 9.97 Å². The third kappa shape index (κ3) is 5.89. The molecule has 0 aliphatic heterocycles. The summed E-state index contributed by atoms with van der Waals surface area (Å²) in [5, 5.41) is -0.127. The van der Waals surface area contributed by atoms with Crippen molar-refractivity contribution in [3.05, 3.63) is 53.9 Å². The Morgan fingerprint density at radius 2 is 1.85 bits per heavy atom. The Hall–Kier alpha value is -3.50. The highest BCUT2D eigenvalue weighted by molar-refractivity contribution is 5.94. The monoisotopic (exact) mass is 483 g/mol. The van der Waals surface area contributed by atoms with Crippen molar-refractivity contribution in [2.45, 2.75) is 39.0 Å². The highest BCUT2D eigenvalue weighted by Crippen LogP contribution is 2.39. The van der Waals surface area contributed by atoms with Gasteiger partial charge in [0.15, 0.2) is 0 Å². The van der Waals surface area contributed by atoms with E-state index in [9.17, 15) is 26.7 Å². The average molecular weight is 483 g/mol. The van der Waals surface area contributed by atoms with Crippen LogP contribution in [0.3, 0.4) is 0 Å². The second kappa shape index (κ2) is 9.40. The number of carbonyl (C=O) groups excluding carboxylic acids is 1. The summed E-state index contributed by atoms with van der Waals surface area (Å²) < 4.78 is 79.7. The molecule has 0 radical (unpaired) electrons. The van der Waals surface area contributed by atoms with Crippen LogP contribution in [0.25, 0.3) is 22.0 Å². The van der Waals surface area contributed by atoms with Crippen LogP contribution in [-0.2, 0) is 10.9 Å². The van der Waals surface area contributed by atoms with Crippen LogP contribution in [0.4, 0.5) is 26.7 Å². The van der Waals surface area contributed by atoms with E-state index >= 15 is 0 Å². The first-order valence-corrected chi connectivity index (χ1v) is 10.2. The van der Waals surface area contributed by atoms with Gasteiger partial charge in [-0.3, -0.25) is 4.98 Å². The maximum Gasteiger partial charge on any atom is 0.421 e. The summed E-state index contributed by atoms with van der Waals surface area (Å²) in [6.07, 6.45) is -3.14. The third-order valence-corrected chi connectivity index (χ3v) is 4.95. The minimum absolute atomic E-state index is 0.0402. The zero-order valence-electron chi connectivity index (χ0n) is 18.5. The summed E-state index contributed by atoms with van der Waals surface area (Å²) in [5.41, 5.74) is 2.92. The van der Waals surface area contributed by atoms with Gasteiger partial charge in [0.2, 0.25) is 5.88 Å². The van der Waals surface area contributed by atoms with Gasteiger partial charge in [0.25, 0.3) is 0 Å². The zero-order valence-corrected chi connectivity index (χ0v) is 18.5. The Morgan fingerprint density at radius 1 is 1.15 bits per heavy atom. The van der Waals surface area contributed by atoms with Crippen molar-refractivity contribution >= 4 is 17.0 Å². The first-order valence-electron chi connectivity index (χ1n) is 10.2. The van der Waals surface area contributed by atoms with Gasteiger partial charge in [-0.2, -0.15) is 13.2 Å². The quantitative estimate of drug-likeness (QED) is 0.425. The molecule has 2 heterocycles. The summed E-state index contributed by atoms with van der Waals surface area (Å²) in [6, 6.07) is 3.74. The Bertz CT molecular complexity index is 1210. The number of nitrogens with two attached hydrogens (primary N) is 1. The number of hydrogen-bond donors (Lipinski definition) is 1. The maximum absolute atomic E-state index is 14.4. The van der Waals surface area contributed by atoms with Crippen molar-refractivity contribution in [1.82, 2.24) is 9.97 Å². The molecule has 0 spiro atoms. The summed E-state index contributed by atoms with van der Waals surface area (Å²) in [7, 11) is 0. The van der Waals surface area contributed by atoms with E-state index in [4.69, 9.17) is 15.2 Å². The van der Waals surface area contributed by atoms with Crippen molar-refractivity contribution < 1.29 is 36.2 Å². The molecule has 0 aliphatic carbocycles. The average Bonchev–Trinajstić information content (AvgIpc) is 2.69. The predicted molar refractivity (Wildman–Crippen MR) is 114 cm³/mol. The van der Waals surface area contributed by atoms with Crippen molar-refractivity contribution in [2.75, 3.05) is 6.61 Å². The number of ether oxygens (including phenoxy) is 2. The standard InChI is InChI=1S/C23H22F5N3O3/c1-12(9-22(2,3)34-21(29)32)11-33-20-16(23(26,27)28)6-13(10-31-20)15-4-5-30-18-8-14(24)7-17(25)19(15)18/h4-8,10,12H,9,11H2,1-3H3,(H2,29,32)/t12-/m0/s1. The fraction of sp³-hybridized carbons (Fsp3) is 0.348. The van der Waals surface area contributed by atoms with Crippen LogP contribution in [0.15, 0.2) is 36.7 Å². The van der Waals surface area contributed by atoms with Gasteiger partial charge in [-0.25, -0.2) is 18.6 Å². The van der Waals surface area contributed by atoms with Gasteiger partial charge in [0.05, 0.1) is 12.1 Å². The molecule has 0 aliphatic rings. The van der Waals surface area contributed by atoms with E-state index in [-0.39, 0.29) is 41.0 Å². The number of nitrogens with zero attached hydrogens (tertiary/aromatic N) is 2. The van der Waals surface area contributed by atoms with Crippen LogP contribution in [-0.4, -0.2) is 28.3 Å². The van der Waals surface area contributed by atoms with Crippen LogP contribution >= 0.6 is 0 Å². The van der Waals surface area contributed by atoms with E-state index in [1.807, 2.05) is 0 Å². The smallest absolute Gasteiger partial charge is 0.421 e. The molecular formula is C23H22F5N3O3. The van der Waals surface area contributed by atoms with Gasteiger partial charge >= 0.3 is 12.3 Å². The molecule has 1 atom stereocenters. The second-order valence-corrected chi connectivity index (χ2v) is 8.52. The van der Waals surface area contributed by atoms with E-state index in [1.165, 1.54) is 12.3 Å². The lowest BCUT2D eigenvalue weighted by Crippen LogP contribution is -2.34. The Labute approximate surface area is 191 Å². The Balaban J connectivity index is 1.92. The molecule has 0 saturated carbocycles. The number of benzene rings is 1. The Morgan fingerprint density at radius 3 is 2.50 bits per heavy atom. The largest absolute Gasteiger partial charge is 0.477 e. The van der Waals surface area contributed by atoms with Crippen molar-refractivity contribution in [3.8, 4) is 17.0 Å². The number of alkyl halides is 3. The summed E-state index contributed by atoms with van der Waals surface area (Å²) in [4.78, 5) is 18.7. The summed E-state index contributed by atoms with van der Waals surface area (Å²) in [6.45, 7) is 4.80. The molecule has 2 N–H and O–H groups in total. The molecule has 11 heteroatoms. The van der Waals surface area contributed by atoms with Gasteiger partial charge in [-0.05, 0) is 43.9 Å². The summed E-state index contributed by atoms with van der Waals surface area (Å²) in [5.74, 6) is -2.78. The molecule has 0 bridgehead atoms. The SMILES string of the molecule is C[C@H](COc1ncc(-c2ccnc3cc(F)cc(F)c23)cc1C(F)(F)F)CC(C)(C)OC(N)=O. The van der Waals surface area contributed by atoms with E-state index < -0.39 is 40.9 Å². The molecule has 0 fully saturated rings. The van der Waals surface area contributed by atoms with E-state index in [0.717, 1.165) is 18.3 Å². The minimum Gasteiger partial charge on any atom is -0.477 e. The van der Waals surface area contributed by atoms with Crippen LogP contribution in [0.5, 0.6) is 5.88 Å². The Kier molecular flexibility index (Phi) is 6.94. The van der Waals surface area contributed by atoms with Crippen molar-refractivity contribution in [1.29, 1.82) is 0 Å². The predicted octanol–water partition coefficient (Wildman–Crippen LogP) is 5.87. The van der Waals surface area contributed by atoms with Gasteiger partial charge in [0, 0.05) is 35.5 Å². The van der Waals surface area contributed by atoms with Crippen LogP contribution in [0, 0.1) is 17.6 Å². The van der Waals surface area contributed by atoms with Crippen molar-refractivity contribution in [2.24, 2.45) is 11.7 Å². The third-order valence-electron chi connectivity index (χ3n) is 4.95. The lowest BCUT2D eigenvalue weighted by atomic mass is 9.95. The lowest BCUT2D eigenvalue weighted by molar-refractivity contribution is -0.139. The maximum atomic E-state index is 14.4. The zero-order chi connectivity index (χ0) is 25.3. The number of pyridine rings is 2. The molecule has 34 heavy (non-hydrogen) atoms. The number of aromatic nitrogens is 2. The summed E-state index contributed by atoms with van der Waals surface area (Å²) >= 11 is 0. The van der Waals surface area contributed by atoms with E-state index in [0.29, 0.717) is 6.07 Å². The van der Waals surface area contributed by atoms with Crippen LogP contribution in [0.1, 0.15) is 32.8 Å². The minimum atomic E-state index is -4.82. The highest BCUT2D eigenvalue weighted by atomic mass is 19.4. The molecule has 182 valence electrons. The fourth-order valence-electron chi connectivity index (χ4n) is 3.80. The number of fused-ring (bicyclic) bond motifs is 1. The first-order chi connectivity index (χ1) is 15.8. The van der Waals surface area contributed by atoms with E-state index in [1.54, 1.807) is 20.8 Å². The molecule has 0 unspecified atom stereocenters. The number of hydrogen-bond acceptors (Lipinski definition) is 5. The topological polar surface area (TPSA) is 87.3 Å². The van der Waals surface area contributed by atoms with Gasteiger partial charge in [-0.15, -0.1) is 0 Å². The van der Waals surface area contributed by atoms with Crippen LogP contribution < -0.4 is 10.5 Å². The first kappa shape index (κ1) is 25.1. The molecule has 1 aromatic carbocycles. The van der Waals surface area contributed by atoms with Gasteiger partial charge in [-0.1, -0.05) is 6.92 Å². The number of halogens is 5. The van der Waals surface area contributed by atoms with Gasteiger partial charge < -0.3 is 15.2 Å². The lowest BCUT2D eigenvalue weighted by Gasteiger charge is -2.27. The number of amides is 1. The fourth-order valence-corrected chi connectivity index (χ4v) is 3.80. The normalized spacial score (nSPS) is 13.1. The molecule has 6 nitrogen and oxygen atoms in total. The highest BCUT2D eigenvalue weighted by Gasteiger charge is 2.36. The van der Waals surface area contributed by atoms with Gasteiger partial charge in [0.1, 0.15) is 22.8 Å². The second-order valence-electron chi connectivity index (χ2n) is 8.52. The number of primary amides is 1. The van der Waals surface area contributed by atoms with Crippen LogP contribution in [0.2, 0.25) is 0 Å². The molecule has 1 amide bonds. The molecule has 3 rings (SSSR count). The van der Waals surface area contributed by atoms with Crippen molar-refractivity contribution in [3.63, 3.8) is 0 Å². The molecule has 3 aromatic rings. The number of carbonyl (C=O) groups is 1. The molecular weight excluding hydrogens is 461 g/mol. The number of rotatable bonds is 7.